The number of anilines is 1. The maximum absolute atomic E-state index is 15.6. The van der Waals surface area contributed by atoms with Crippen molar-refractivity contribution >= 4 is 22.7 Å². The van der Waals surface area contributed by atoms with Gasteiger partial charge in [-0.2, -0.15) is 5.10 Å². The molecule has 2 aliphatic rings. The number of hydrogen-bond acceptors (Lipinski definition) is 4. The van der Waals surface area contributed by atoms with Crippen molar-refractivity contribution in [3.8, 4) is 11.1 Å². The van der Waals surface area contributed by atoms with E-state index in [0.717, 1.165) is 35.9 Å². The molecule has 1 aliphatic carbocycles. The number of H-pyrrole nitrogens is 1. The van der Waals surface area contributed by atoms with Gasteiger partial charge in [0.1, 0.15) is 5.82 Å². The Labute approximate surface area is 184 Å². The van der Waals surface area contributed by atoms with Gasteiger partial charge in [0.15, 0.2) is 0 Å². The van der Waals surface area contributed by atoms with Crippen molar-refractivity contribution in [1.82, 2.24) is 20.1 Å². The average Bonchev–Trinajstić information content (AvgIpc) is 3.21. The first-order chi connectivity index (χ1) is 15.3. The Balaban J connectivity index is 1.64. The summed E-state index contributed by atoms with van der Waals surface area (Å²) in [6.45, 7) is 4.91. The quantitative estimate of drug-likeness (QED) is 0.563. The topological polar surface area (TPSA) is 103 Å². The van der Waals surface area contributed by atoms with E-state index in [4.69, 9.17) is 5.11 Å². The lowest BCUT2D eigenvalue weighted by Crippen LogP contribution is -2.38. The van der Waals surface area contributed by atoms with Crippen LogP contribution in [-0.2, 0) is 0 Å². The zero-order valence-electron chi connectivity index (χ0n) is 18.1. The van der Waals surface area contributed by atoms with Crippen molar-refractivity contribution in [2.45, 2.75) is 45.2 Å². The number of fused-ring (bicyclic) bond motifs is 1. The fourth-order valence-corrected chi connectivity index (χ4v) is 5.09. The fourth-order valence-electron chi connectivity index (χ4n) is 5.09. The highest BCUT2D eigenvalue weighted by molar-refractivity contribution is 5.98. The van der Waals surface area contributed by atoms with Gasteiger partial charge in [0.05, 0.1) is 17.4 Å². The van der Waals surface area contributed by atoms with Crippen LogP contribution in [0, 0.1) is 18.7 Å². The van der Waals surface area contributed by atoms with Crippen LogP contribution < -0.4 is 15.8 Å². The summed E-state index contributed by atoms with van der Waals surface area (Å²) in [5, 5.41) is 19.0. The van der Waals surface area contributed by atoms with Crippen LogP contribution in [0.1, 0.15) is 37.8 Å². The van der Waals surface area contributed by atoms with Crippen LogP contribution in [0.4, 0.5) is 14.9 Å². The largest absolute Gasteiger partial charge is 0.465 e. The number of nitrogens with one attached hydrogen (secondary N) is 2. The number of benzene rings is 1. The number of carbonyl (C=O) groups is 1. The van der Waals surface area contributed by atoms with E-state index in [1.54, 1.807) is 18.5 Å². The first-order valence-electron chi connectivity index (χ1n) is 11.0. The Morgan fingerprint density at radius 3 is 2.78 bits per heavy atom. The molecule has 0 spiro atoms. The van der Waals surface area contributed by atoms with Crippen molar-refractivity contribution in [3.63, 3.8) is 0 Å². The second-order valence-corrected chi connectivity index (χ2v) is 8.95. The van der Waals surface area contributed by atoms with Gasteiger partial charge in [0, 0.05) is 48.4 Å². The lowest BCUT2D eigenvalue weighted by molar-refractivity contribution is 0.186. The minimum absolute atomic E-state index is 0.0866. The Morgan fingerprint density at radius 1 is 1.34 bits per heavy atom. The van der Waals surface area contributed by atoms with Gasteiger partial charge in [0.2, 0.25) is 0 Å². The monoisotopic (exact) mass is 439 g/mol. The molecule has 168 valence electrons. The summed E-state index contributed by atoms with van der Waals surface area (Å²) in [6.07, 6.45) is 4.94. The zero-order chi connectivity index (χ0) is 22.6. The van der Waals surface area contributed by atoms with Crippen LogP contribution in [0.25, 0.3) is 22.0 Å². The highest BCUT2D eigenvalue weighted by atomic mass is 19.1. The third-order valence-corrected chi connectivity index (χ3v) is 6.82. The SMILES string of the molecule is Cc1c(N2CC[C@@H]([C@H](C)NC(=O)O)C2)c(F)cc2c(-c3cn[nH]c3)cc(=O)n(C3CC3)c12. The van der Waals surface area contributed by atoms with Crippen LogP contribution in [0.15, 0.2) is 29.3 Å². The minimum atomic E-state index is -1.05. The van der Waals surface area contributed by atoms with Crippen LogP contribution in [0.3, 0.4) is 0 Å². The highest BCUT2D eigenvalue weighted by Gasteiger charge is 2.33. The molecule has 3 aromatic rings. The van der Waals surface area contributed by atoms with Gasteiger partial charge in [-0.3, -0.25) is 9.89 Å². The van der Waals surface area contributed by atoms with E-state index in [1.807, 2.05) is 23.3 Å². The Bertz CT molecular complexity index is 1250. The number of halogens is 1. The number of aryl methyl sites for hydroxylation is 1. The van der Waals surface area contributed by atoms with Crippen molar-refractivity contribution < 1.29 is 14.3 Å². The molecule has 3 N–H and O–H groups in total. The summed E-state index contributed by atoms with van der Waals surface area (Å²) < 4.78 is 17.4. The van der Waals surface area contributed by atoms with E-state index in [1.165, 1.54) is 6.07 Å². The molecule has 9 heteroatoms. The number of nitrogens with zero attached hydrogens (tertiary/aromatic N) is 3. The van der Waals surface area contributed by atoms with E-state index in [0.29, 0.717) is 29.7 Å². The van der Waals surface area contributed by atoms with Gasteiger partial charge < -0.3 is 19.9 Å². The summed E-state index contributed by atoms with van der Waals surface area (Å²) in [4.78, 5) is 26.1. The molecule has 1 amide bonds. The van der Waals surface area contributed by atoms with Gasteiger partial charge in [0.25, 0.3) is 5.56 Å². The Kier molecular flexibility index (Phi) is 4.91. The van der Waals surface area contributed by atoms with Crippen molar-refractivity contribution in [1.29, 1.82) is 0 Å². The molecule has 1 aliphatic heterocycles. The second-order valence-electron chi connectivity index (χ2n) is 8.95. The first-order valence-corrected chi connectivity index (χ1v) is 11.0. The molecule has 8 nitrogen and oxygen atoms in total. The van der Waals surface area contributed by atoms with Gasteiger partial charge in [-0.15, -0.1) is 0 Å². The van der Waals surface area contributed by atoms with E-state index in [2.05, 4.69) is 15.5 Å². The molecule has 0 unspecified atom stereocenters. The summed E-state index contributed by atoms with van der Waals surface area (Å²) in [5.74, 6) is -0.247. The molecule has 2 aromatic heterocycles. The predicted molar refractivity (Wildman–Crippen MR) is 120 cm³/mol. The van der Waals surface area contributed by atoms with Crippen molar-refractivity contribution in [2.75, 3.05) is 18.0 Å². The third kappa shape index (κ3) is 3.41. The van der Waals surface area contributed by atoms with E-state index in [-0.39, 0.29) is 29.4 Å². The number of carboxylic acid groups (broad SMARTS) is 1. The molecule has 0 bridgehead atoms. The summed E-state index contributed by atoms with van der Waals surface area (Å²) in [6, 6.07) is 3.03. The Morgan fingerprint density at radius 2 is 2.12 bits per heavy atom. The summed E-state index contributed by atoms with van der Waals surface area (Å²) in [5.41, 5.74) is 3.34. The maximum atomic E-state index is 15.6. The lowest BCUT2D eigenvalue weighted by atomic mass is 9.99. The van der Waals surface area contributed by atoms with E-state index < -0.39 is 6.09 Å². The third-order valence-electron chi connectivity index (χ3n) is 6.82. The van der Waals surface area contributed by atoms with Crippen molar-refractivity contribution in [3.05, 3.63) is 46.3 Å². The molecular formula is C23H26FN5O3. The number of aromatic nitrogens is 3. The van der Waals surface area contributed by atoms with Crippen LogP contribution in [0.2, 0.25) is 0 Å². The van der Waals surface area contributed by atoms with Gasteiger partial charge in [-0.25, -0.2) is 9.18 Å². The fraction of sp³-hybridized carbons (Fsp3) is 0.435. The molecule has 3 heterocycles. The molecular weight excluding hydrogens is 413 g/mol. The average molecular weight is 439 g/mol. The molecule has 0 radical (unpaired) electrons. The maximum Gasteiger partial charge on any atom is 0.404 e. The minimum Gasteiger partial charge on any atom is -0.465 e. The number of hydrogen-bond donors (Lipinski definition) is 3. The molecule has 1 saturated carbocycles. The standard InChI is InChI=1S/C23H26FN5O3/c1-12-21-18(17(15-9-25-26-10-15)8-20(30)29(21)16-3-4-16)7-19(24)22(12)28-6-5-14(11-28)13(2)27-23(31)32/h7-10,13-14,16,27H,3-6,11H2,1-2H3,(H,25,26)(H,31,32)/t13-,14+/m0/s1. The second kappa shape index (κ2) is 7.65. The Hall–Kier alpha value is -3.36. The molecule has 1 aromatic carbocycles. The van der Waals surface area contributed by atoms with Crippen LogP contribution in [0.5, 0.6) is 0 Å². The van der Waals surface area contributed by atoms with E-state index in [9.17, 15) is 9.59 Å². The van der Waals surface area contributed by atoms with Crippen molar-refractivity contribution in [2.24, 2.45) is 5.92 Å². The van der Waals surface area contributed by atoms with E-state index >= 15 is 4.39 Å². The number of rotatable bonds is 5. The van der Waals surface area contributed by atoms with Gasteiger partial charge >= 0.3 is 6.09 Å². The predicted octanol–water partition coefficient (Wildman–Crippen LogP) is 3.66. The number of pyridine rings is 1. The van der Waals surface area contributed by atoms with Gasteiger partial charge in [-0.05, 0) is 56.2 Å². The molecule has 1 saturated heterocycles. The molecule has 2 atom stereocenters. The van der Waals surface area contributed by atoms with Crippen LogP contribution in [-0.4, -0.2) is 45.1 Å². The van der Waals surface area contributed by atoms with Crippen LogP contribution >= 0.6 is 0 Å². The highest BCUT2D eigenvalue weighted by Crippen LogP contribution is 2.42. The first kappa shape index (κ1) is 20.5. The summed E-state index contributed by atoms with van der Waals surface area (Å²) >= 11 is 0. The smallest absolute Gasteiger partial charge is 0.404 e. The number of aromatic amines is 1. The normalized spacial score (nSPS) is 19.5. The lowest BCUT2D eigenvalue weighted by Gasteiger charge is -2.26. The van der Waals surface area contributed by atoms with Gasteiger partial charge in [-0.1, -0.05) is 0 Å². The molecule has 5 rings (SSSR count). The number of amides is 1. The molecule has 2 fully saturated rings. The zero-order valence-corrected chi connectivity index (χ0v) is 18.1. The summed E-state index contributed by atoms with van der Waals surface area (Å²) in [7, 11) is 0. The molecule has 32 heavy (non-hydrogen) atoms.